The predicted molar refractivity (Wildman–Crippen MR) is 104 cm³/mol. The number of halogens is 3. The minimum atomic E-state index is -4.53. The lowest BCUT2D eigenvalue weighted by Gasteiger charge is -2.14. The quantitative estimate of drug-likeness (QED) is 0.712. The summed E-state index contributed by atoms with van der Waals surface area (Å²) in [7, 11) is 0. The van der Waals surface area contributed by atoms with Crippen LogP contribution in [0.25, 0.3) is 0 Å². The van der Waals surface area contributed by atoms with E-state index in [0.717, 1.165) is 12.8 Å². The summed E-state index contributed by atoms with van der Waals surface area (Å²) in [5, 5.41) is 4.37. The van der Waals surface area contributed by atoms with Crippen molar-refractivity contribution in [1.82, 2.24) is 5.32 Å². The maximum atomic E-state index is 12.6. The van der Waals surface area contributed by atoms with Gasteiger partial charge in [-0.25, -0.2) is 0 Å². The number of para-hydroxylation sites is 1. The maximum absolute atomic E-state index is 12.6. The van der Waals surface area contributed by atoms with Gasteiger partial charge >= 0.3 is 6.18 Å². The number of alkyl halides is 3. The summed E-state index contributed by atoms with van der Waals surface area (Å²) in [5.41, 5.74) is 0.319. The molecule has 1 unspecified atom stereocenters. The molecule has 2 aromatic rings. The van der Waals surface area contributed by atoms with E-state index in [1.807, 2.05) is 0 Å². The number of amides is 2. The van der Waals surface area contributed by atoms with Gasteiger partial charge in [0.15, 0.2) is 0 Å². The molecule has 0 bridgehead atoms. The van der Waals surface area contributed by atoms with Gasteiger partial charge in [-0.3, -0.25) is 9.59 Å². The van der Waals surface area contributed by atoms with Crippen LogP contribution in [0.4, 0.5) is 18.9 Å². The molecule has 0 aliphatic carbocycles. The summed E-state index contributed by atoms with van der Waals surface area (Å²) < 4.78 is 48.3. The SMILES string of the molecule is O=C(Nc1ccccc1C(=O)NCC(F)(F)F)c1cccc(OCC2CCCO2)c1. The van der Waals surface area contributed by atoms with Gasteiger partial charge in [0.1, 0.15) is 18.9 Å². The molecule has 2 amide bonds. The Labute approximate surface area is 171 Å². The van der Waals surface area contributed by atoms with Crippen LogP contribution in [0.2, 0.25) is 0 Å². The van der Waals surface area contributed by atoms with Gasteiger partial charge in [-0.2, -0.15) is 13.2 Å². The van der Waals surface area contributed by atoms with E-state index in [4.69, 9.17) is 9.47 Å². The molecule has 6 nitrogen and oxygen atoms in total. The number of hydrogen-bond donors (Lipinski definition) is 2. The van der Waals surface area contributed by atoms with Crippen molar-refractivity contribution in [3.63, 3.8) is 0 Å². The molecule has 1 aliphatic rings. The highest BCUT2D eigenvalue weighted by atomic mass is 19.4. The van der Waals surface area contributed by atoms with Crippen molar-refractivity contribution in [3.8, 4) is 5.75 Å². The summed E-state index contributed by atoms with van der Waals surface area (Å²) in [6.45, 7) is -0.363. The summed E-state index contributed by atoms with van der Waals surface area (Å²) in [4.78, 5) is 24.7. The third kappa shape index (κ3) is 6.21. The number of benzene rings is 2. The van der Waals surface area contributed by atoms with E-state index in [-0.39, 0.29) is 22.9 Å². The second-order valence-electron chi connectivity index (χ2n) is 6.77. The van der Waals surface area contributed by atoms with E-state index in [1.165, 1.54) is 18.2 Å². The van der Waals surface area contributed by atoms with Gasteiger partial charge in [-0.15, -0.1) is 0 Å². The fraction of sp³-hybridized carbons (Fsp3) is 0.333. The highest BCUT2D eigenvalue weighted by Gasteiger charge is 2.28. The molecule has 2 N–H and O–H groups in total. The number of rotatable bonds is 7. The lowest BCUT2D eigenvalue weighted by atomic mass is 10.1. The fourth-order valence-electron chi connectivity index (χ4n) is 2.95. The number of carbonyl (C=O) groups is 2. The van der Waals surface area contributed by atoms with Gasteiger partial charge in [0.05, 0.1) is 17.4 Å². The predicted octanol–water partition coefficient (Wildman–Crippen LogP) is 3.79. The molecule has 3 rings (SSSR count). The van der Waals surface area contributed by atoms with E-state index in [0.29, 0.717) is 19.0 Å². The molecule has 1 fully saturated rings. The topological polar surface area (TPSA) is 76.7 Å². The minimum Gasteiger partial charge on any atom is -0.491 e. The summed E-state index contributed by atoms with van der Waals surface area (Å²) in [6, 6.07) is 12.3. The van der Waals surface area contributed by atoms with Crippen LogP contribution in [0.15, 0.2) is 48.5 Å². The fourth-order valence-corrected chi connectivity index (χ4v) is 2.95. The molecule has 0 radical (unpaired) electrons. The first-order valence-corrected chi connectivity index (χ1v) is 9.41. The smallest absolute Gasteiger partial charge is 0.405 e. The molecule has 9 heteroatoms. The van der Waals surface area contributed by atoms with Crippen molar-refractivity contribution in [2.45, 2.75) is 25.1 Å². The third-order valence-corrected chi connectivity index (χ3v) is 4.43. The van der Waals surface area contributed by atoms with Crippen LogP contribution in [0.3, 0.4) is 0 Å². The Morgan fingerprint density at radius 3 is 2.63 bits per heavy atom. The van der Waals surface area contributed by atoms with Crippen LogP contribution in [0, 0.1) is 0 Å². The molecule has 0 aromatic heterocycles. The van der Waals surface area contributed by atoms with Gasteiger partial charge in [0.2, 0.25) is 0 Å². The van der Waals surface area contributed by atoms with Crippen LogP contribution >= 0.6 is 0 Å². The molecular formula is C21H21F3N2O4. The number of nitrogens with one attached hydrogen (secondary N) is 2. The molecule has 0 spiro atoms. The molecule has 1 atom stereocenters. The first-order chi connectivity index (χ1) is 14.3. The molecule has 160 valence electrons. The van der Waals surface area contributed by atoms with E-state index in [1.54, 1.807) is 35.6 Å². The highest BCUT2D eigenvalue weighted by Crippen LogP contribution is 2.20. The van der Waals surface area contributed by atoms with Crippen LogP contribution in [-0.2, 0) is 4.74 Å². The largest absolute Gasteiger partial charge is 0.491 e. The van der Waals surface area contributed by atoms with Gasteiger partial charge in [0.25, 0.3) is 11.8 Å². The van der Waals surface area contributed by atoms with Gasteiger partial charge in [-0.1, -0.05) is 18.2 Å². The summed E-state index contributed by atoms with van der Waals surface area (Å²) in [5.74, 6) is -0.958. The number of carbonyl (C=O) groups excluding carboxylic acids is 2. The zero-order chi connectivity index (χ0) is 21.6. The zero-order valence-electron chi connectivity index (χ0n) is 16.0. The van der Waals surface area contributed by atoms with E-state index < -0.39 is 24.5 Å². The average Bonchev–Trinajstić information content (AvgIpc) is 3.24. The van der Waals surface area contributed by atoms with Gasteiger partial charge in [-0.05, 0) is 43.2 Å². The molecule has 2 aromatic carbocycles. The first kappa shape index (κ1) is 21.6. The molecule has 1 heterocycles. The van der Waals surface area contributed by atoms with E-state index in [9.17, 15) is 22.8 Å². The van der Waals surface area contributed by atoms with Crippen LogP contribution < -0.4 is 15.4 Å². The van der Waals surface area contributed by atoms with Crippen molar-refractivity contribution in [3.05, 3.63) is 59.7 Å². The van der Waals surface area contributed by atoms with E-state index in [2.05, 4.69) is 5.32 Å². The normalized spacial score (nSPS) is 16.2. The first-order valence-electron chi connectivity index (χ1n) is 9.41. The number of anilines is 1. The molecule has 30 heavy (non-hydrogen) atoms. The Hall–Kier alpha value is -3.07. The van der Waals surface area contributed by atoms with Crippen LogP contribution in [0.1, 0.15) is 33.6 Å². The Bertz CT molecular complexity index is 896. The lowest BCUT2D eigenvalue weighted by Crippen LogP contribution is -2.34. The van der Waals surface area contributed by atoms with Crippen molar-refractivity contribution >= 4 is 17.5 Å². The van der Waals surface area contributed by atoms with Crippen molar-refractivity contribution in [2.75, 3.05) is 25.1 Å². The Balaban J connectivity index is 1.66. The Kier molecular flexibility index (Phi) is 6.94. The van der Waals surface area contributed by atoms with Crippen LogP contribution in [-0.4, -0.2) is 43.9 Å². The van der Waals surface area contributed by atoms with Crippen molar-refractivity contribution in [2.24, 2.45) is 0 Å². The standard InChI is InChI=1S/C21H21F3N2O4/c22-21(23,24)13-25-20(28)17-8-1-2-9-18(17)26-19(27)14-5-3-6-15(11-14)30-12-16-7-4-10-29-16/h1-3,5-6,8-9,11,16H,4,7,10,12-13H2,(H,25,28)(H,26,27). The van der Waals surface area contributed by atoms with Gasteiger partial charge in [0, 0.05) is 12.2 Å². The molecule has 1 aliphatic heterocycles. The van der Waals surface area contributed by atoms with Crippen molar-refractivity contribution in [1.29, 1.82) is 0 Å². The Morgan fingerprint density at radius 2 is 1.90 bits per heavy atom. The van der Waals surface area contributed by atoms with Gasteiger partial charge < -0.3 is 20.1 Å². The number of ether oxygens (including phenoxy) is 2. The summed E-state index contributed by atoms with van der Waals surface area (Å²) >= 11 is 0. The average molecular weight is 422 g/mol. The van der Waals surface area contributed by atoms with Crippen LogP contribution in [0.5, 0.6) is 5.75 Å². The highest BCUT2D eigenvalue weighted by molar-refractivity contribution is 6.09. The molecule has 1 saturated heterocycles. The summed E-state index contributed by atoms with van der Waals surface area (Å²) in [6.07, 6.45) is -2.58. The van der Waals surface area contributed by atoms with E-state index >= 15 is 0 Å². The maximum Gasteiger partial charge on any atom is 0.405 e. The monoisotopic (exact) mass is 422 g/mol. The second-order valence-corrected chi connectivity index (χ2v) is 6.77. The Morgan fingerprint density at radius 1 is 1.10 bits per heavy atom. The minimum absolute atomic E-state index is 0.0320. The third-order valence-electron chi connectivity index (χ3n) is 4.43. The number of hydrogen-bond acceptors (Lipinski definition) is 4. The lowest BCUT2D eigenvalue weighted by molar-refractivity contribution is -0.123. The van der Waals surface area contributed by atoms with Crippen molar-refractivity contribution < 1.29 is 32.2 Å². The second kappa shape index (κ2) is 9.62. The zero-order valence-corrected chi connectivity index (χ0v) is 16.0. The molecule has 0 saturated carbocycles. The molecular weight excluding hydrogens is 401 g/mol.